The molecule has 19 heavy (non-hydrogen) atoms. The van der Waals surface area contributed by atoms with Crippen LogP contribution < -0.4 is 5.32 Å². The molecular weight excluding hydrogens is 300 g/mol. The maximum absolute atomic E-state index is 3.68. The van der Waals surface area contributed by atoms with Gasteiger partial charge in [-0.1, -0.05) is 48.8 Å². The highest BCUT2D eigenvalue weighted by atomic mass is 79.9. The lowest BCUT2D eigenvalue weighted by atomic mass is 9.97. The quantitative estimate of drug-likeness (QED) is 0.909. The highest BCUT2D eigenvalue weighted by molar-refractivity contribution is 9.10. The first kappa shape index (κ1) is 15.0. The van der Waals surface area contributed by atoms with Crippen LogP contribution in [0.1, 0.15) is 32.8 Å². The minimum absolute atomic E-state index is 0.644. The van der Waals surface area contributed by atoms with E-state index in [4.69, 9.17) is 0 Å². The average Bonchev–Trinajstić information content (AvgIpc) is 2.41. The molecule has 2 atom stereocenters. The fraction of sp³-hybridized carbons (Fsp3) is 0.625. The summed E-state index contributed by atoms with van der Waals surface area (Å²) in [6.45, 7) is 10.3. The molecule has 1 aromatic rings. The Labute approximate surface area is 125 Å². The molecule has 1 aromatic carbocycles. The van der Waals surface area contributed by atoms with E-state index < -0.39 is 0 Å². The summed E-state index contributed by atoms with van der Waals surface area (Å²) in [4.78, 5) is 2.65. The second-order valence-corrected chi connectivity index (χ2v) is 6.80. The molecule has 0 radical (unpaired) electrons. The van der Waals surface area contributed by atoms with Crippen molar-refractivity contribution in [1.29, 1.82) is 0 Å². The summed E-state index contributed by atoms with van der Waals surface area (Å²) in [6.07, 6.45) is 1.21. The van der Waals surface area contributed by atoms with E-state index >= 15 is 0 Å². The van der Waals surface area contributed by atoms with Gasteiger partial charge in [-0.2, -0.15) is 0 Å². The van der Waals surface area contributed by atoms with Crippen LogP contribution in [-0.2, 0) is 6.54 Å². The monoisotopic (exact) mass is 324 g/mol. The van der Waals surface area contributed by atoms with Crippen molar-refractivity contribution < 1.29 is 0 Å². The van der Waals surface area contributed by atoms with Gasteiger partial charge in [0.25, 0.3) is 0 Å². The lowest BCUT2D eigenvalue weighted by molar-refractivity contribution is 0.0900. The summed E-state index contributed by atoms with van der Waals surface area (Å²) in [6, 6.07) is 10.0. The number of benzene rings is 1. The lowest BCUT2D eigenvalue weighted by Gasteiger charge is -2.42. The highest BCUT2D eigenvalue weighted by Crippen LogP contribution is 2.20. The molecule has 0 aliphatic carbocycles. The van der Waals surface area contributed by atoms with Crippen LogP contribution in [0.4, 0.5) is 0 Å². The summed E-state index contributed by atoms with van der Waals surface area (Å²) in [7, 11) is 0. The molecule has 0 amide bonds. The van der Waals surface area contributed by atoms with Crippen molar-refractivity contribution in [2.24, 2.45) is 5.92 Å². The minimum Gasteiger partial charge on any atom is -0.311 e. The minimum atomic E-state index is 0.644. The molecule has 0 bridgehead atoms. The number of halogens is 1. The first-order chi connectivity index (χ1) is 9.10. The van der Waals surface area contributed by atoms with Crippen LogP contribution >= 0.6 is 15.9 Å². The summed E-state index contributed by atoms with van der Waals surface area (Å²) in [5.74, 6) is 0.695. The van der Waals surface area contributed by atoms with Gasteiger partial charge in [0.15, 0.2) is 0 Å². The molecule has 2 rings (SSSR count). The van der Waals surface area contributed by atoms with Crippen LogP contribution in [0.15, 0.2) is 28.7 Å². The normalized spacial score (nSPS) is 24.9. The van der Waals surface area contributed by atoms with Gasteiger partial charge in [-0.25, -0.2) is 0 Å². The fourth-order valence-corrected chi connectivity index (χ4v) is 3.10. The Morgan fingerprint density at radius 2 is 2.00 bits per heavy atom. The van der Waals surface area contributed by atoms with E-state index in [1.165, 1.54) is 12.0 Å². The molecule has 2 nitrogen and oxygen atoms in total. The average molecular weight is 325 g/mol. The van der Waals surface area contributed by atoms with Crippen molar-refractivity contribution in [2.45, 2.75) is 45.8 Å². The Kier molecular flexibility index (Phi) is 5.43. The zero-order valence-electron chi connectivity index (χ0n) is 12.2. The third-order valence-electron chi connectivity index (χ3n) is 4.10. The van der Waals surface area contributed by atoms with Crippen LogP contribution in [0.3, 0.4) is 0 Å². The van der Waals surface area contributed by atoms with Gasteiger partial charge in [0, 0.05) is 36.2 Å². The van der Waals surface area contributed by atoms with Crippen molar-refractivity contribution in [1.82, 2.24) is 10.2 Å². The Bertz CT molecular complexity index is 388. The fourth-order valence-electron chi connectivity index (χ4n) is 2.84. The number of hydrogen-bond acceptors (Lipinski definition) is 2. The molecule has 1 fully saturated rings. The molecule has 2 unspecified atom stereocenters. The highest BCUT2D eigenvalue weighted by Gasteiger charge is 2.28. The Balaban J connectivity index is 2.06. The first-order valence-electron chi connectivity index (χ1n) is 7.32. The van der Waals surface area contributed by atoms with Gasteiger partial charge in [-0.15, -0.1) is 0 Å². The van der Waals surface area contributed by atoms with E-state index in [0.717, 1.165) is 24.1 Å². The second-order valence-electron chi connectivity index (χ2n) is 5.88. The van der Waals surface area contributed by atoms with Crippen LogP contribution in [-0.4, -0.2) is 30.1 Å². The molecule has 0 saturated carbocycles. The van der Waals surface area contributed by atoms with E-state index in [0.29, 0.717) is 18.0 Å². The van der Waals surface area contributed by atoms with E-state index in [1.54, 1.807) is 0 Å². The molecule has 3 heteroatoms. The molecule has 0 aromatic heterocycles. The van der Waals surface area contributed by atoms with Crippen LogP contribution in [0.25, 0.3) is 0 Å². The van der Waals surface area contributed by atoms with Crippen LogP contribution in [0, 0.1) is 5.92 Å². The van der Waals surface area contributed by atoms with Gasteiger partial charge in [0.05, 0.1) is 0 Å². The Morgan fingerprint density at radius 3 is 2.58 bits per heavy atom. The zero-order chi connectivity index (χ0) is 13.8. The van der Waals surface area contributed by atoms with Gasteiger partial charge in [-0.3, -0.25) is 4.90 Å². The smallest absolute Gasteiger partial charge is 0.0247 e. The van der Waals surface area contributed by atoms with Gasteiger partial charge >= 0.3 is 0 Å². The van der Waals surface area contributed by atoms with Gasteiger partial charge in [0.2, 0.25) is 0 Å². The number of piperazine rings is 1. The molecule has 1 aliphatic rings. The van der Waals surface area contributed by atoms with E-state index in [-0.39, 0.29) is 0 Å². The van der Waals surface area contributed by atoms with Gasteiger partial charge in [0.1, 0.15) is 0 Å². The molecule has 1 heterocycles. The van der Waals surface area contributed by atoms with Gasteiger partial charge in [-0.05, 0) is 30.0 Å². The summed E-state index contributed by atoms with van der Waals surface area (Å²) in [5, 5.41) is 3.68. The molecular formula is C16H25BrN2. The van der Waals surface area contributed by atoms with Crippen molar-refractivity contribution in [3.63, 3.8) is 0 Å². The molecule has 106 valence electrons. The SMILES string of the molecule is CCC1CN(Cc2ccc(Br)cc2)C(C(C)C)CN1. The van der Waals surface area contributed by atoms with E-state index in [2.05, 4.69) is 71.2 Å². The Morgan fingerprint density at radius 1 is 1.32 bits per heavy atom. The number of rotatable bonds is 4. The molecule has 1 saturated heterocycles. The first-order valence-corrected chi connectivity index (χ1v) is 8.11. The van der Waals surface area contributed by atoms with Crippen LogP contribution in [0.2, 0.25) is 0 Å². The maximum Gasteiger partial charge on any atom is 0.0247 e. The third kappa shape index (κ3) is 4.04. The molecule has 1 aliphatic heterocycles. The molecule has 1 N–H and O–H groups in total. The second kappa shape index (κ2) is 6.87. The van der Waals surface area contributed by atoms with E-state index in [1.807, 2.05) is 0 Å². The number of nitrogens with one attached hydrogen (secondary N) is 1. The van der Waals surface area contributed by atoms with Crippen LogP contribution in [0.5, 0.6) is 0 Å². The van der Waals surface area contributed by atoms with Crippen molar-refractivity contribution in [3.05, 3.63) is 34.3 Å². The number of nitrogens with zero attached hydrogens (tertiary/aromatic N) is 1. The predicted octanol–water partition coefficient (Wildman–Crippen LogP) is 3.66. The predicted molar refractivity (Wildman–Crippen MR) is 85.3 cm³/mol. The standard InChI is InChI=1S/C16H25BrN2/c1-4-15-11-19(16(9-18-15)12(2)3)10-13-5-7-14(17)8-6-13/h5-8,12,15-16,18H,4,9-11H2,1-3H3. The summed E-state index contributed by atoms with van der Waals surface area (Å²) >= 11 is 3.50. The Hall–Kier alpha value is -0.380. The summed E-state index contributed by atoms with van der Waals surface area (Å²) in [5.41, 5.74) is 1.41. The maximum atomic E-state index is 3.68. The number of hydrogen-bond donors (Lipinski definition) is 1. The topological polar surface area (TPSA) is 15.3 Å². The summed E-state index contributed by atoms with van der Waals surface area (Å²) < 4.78 is 1.16. The van der Waals surface area contributed by atoms with E-state index in [9.17, 15) is 0 Å². The zero-order valence-corrected chi connectivity index (χ0v) is 13.8. The third-order valence-corrected chi connectivity index (χ3v) is 4.63. The van der Waals surface area contributed by atoms with Crippen molar-refractivity contribution >= 4 is 15.9 Å². The van der Waals surface area contributed by atoms with Gasteiger partial charge < -0.3 is 5.32 Å². The lowest BCUT2D eigenvalue weighted by Crippen LogP contribution is -2.57. The van der Waals surface area contributed by atoms with Crippen molar-refractivity contribution in [3.8, 4) is 0 Å². The molecule has 0 spiro atoms. The largest absolute Gasteiger partial charge is 0.311 e. The van der Waals surface area contributed by atoms with Crippen molar-refractivity contribution in [2.75, 3.05) is 13.1 Å².